The van der Waals surface area contributed by atoms with E-state index in [9.17, 15) is 33.3 Å². The first-order valence-electron chi connectivity index (χ1n) is 43.8. The third-order valence-corrected chi connectivity index (χ3v) is 22.5. The minimum absolute atomic E-state index is 0.295. The first-order chi connectivity index (χ1) is 67.9. The van der Waals surface area contributed by atoms with E-state index < -0.39 is 12.0 Å². The van der Waals surface area contributed by atoms with Crippen LogP contribution in [0.25, 0.3) is 79.2 Å². The van der Waals surface area contributed by atoms with Crippen LogP contribution in [0.2, 0.25) is 0 Å². The van der Waals surface area contributed by atoms with Crippen molar-refractivity contribution in [2.24, 2.45) is 0 Å². The lowest BCUT2D eigenvalue weighted by Gasteiger charge is -2.29. The fourth-order valence-electron chi connectivity index (χ4n) is 15.2. The van der Waals surface area contributed by atoms with Crippen LogP contribution in [0.15, 0.2) is 273 Å². The summed E-state index contributed by atoms with van der Waals surface area (Å²) in [5, 5.41) is 58.0. The van der Waals surface area contributed by atoms with Crippen LogP contribution < -0.4 is 40.9 Å². The van der Waals surface area contributed by atoms with Crippen molar-refractivity contribution in [2.75, 3.05) is 146 Å². The van der Waals surface area contributed by atoms with Crippen LogP contribution in [0.4, 0.5) is 86.9 Å². The molecule has 4 N–H and O–H groups in total. The Morgan fingerprint density at radius 2 is 0.669 bits per heavy atom. The summed E-state index contributed by atoms with van der Waals surface area (Å²) in [6, 6.07) is 69.7. The quantitative estimate of drug-likeness (QED) is 0.0485. The number of hydrogen-bond donors (Lipinski definition) is 4. The molecule has 8 aromatic carbocycles. The Labute approximate surface area is 801 Å². The summed E-state index contributed by atoms with van der Waals surface area (Å²) in [5.41, 5.74) is 18.5. The Hall–Kier alpha value is -17.3. The van der Waals surface area contributed by atoms with E-state index in [0.717, 1.165) is 154 Å². The maximum Gasteiger partial charge on any atom is 0.453 e. The van der Waals surface area contributed by atoms with Gasteiger partial charge in [-0.05, 0) is 229 Å². The van der Waals surface area contributed by atoms with Gasteiger partial charge in [-0.15, -0.1) is 15.3 Å². The Balaban J connectivity index is 0.000000123. The Bertz CT molecular complexity index is 7240. The summed E-state index contributed by atoms with van der Waals surface area (Å²) in [4.78, 5) is 64.6. The fourth-order valence-corrected chi connectivity index (χ4v) is 15.5. The fraction of sp³-hybridized carbons (Fsp3) is 0.184. The van der Waals surface area contributed by atoms with Gasteiger partial charge in [-0.1, -0.05) is 0 Å². The first-order valence-corrected chi connectivity index (χ1v) is 44.6. The van der Waals surface area contributed by atoms with Crippen molar-refractivity contribution < 1.29 is 36.5 Å². The number of rotatable bonds is 21. The van der Waals surface area contributed by atoms with Gasteiger partial charge >= 0.3 is 6.18 Å². The predicted octanol–water partition coefficient (Wildman–Crippen LogP) is 16.1. The highest BCUT2D eigenvalue weighted by molar-refractivity contribution is 9.10. The Morgan fingerprint density at radius 3 is 0.993 bits per heavy atom. The van der Waals surface area contributed by atoms with E-state index in [4.69, 9.17) is 23.9 Å². The lowest BCUT2D eigenvalue weighted by atomic mass is 10.1. The third kappa shape index (κ3) is 23.9. The second-order valence-electron chi connectivity index (χ2n) is 31.4. The summed E-state index contributed by atoms with van der Waals surface area (Å²) in [6.07, 6.45) is 11.5. The molecule has 694 valence electrons. The molecule has 0 amide bonds. The van der Waals surface area contributed by atoms with E-state index in [1.54, 1.807) is 119 Å². The van der Waals surface area contributed by atoms with Crippen LogP contribution in [-0.2, 0) is 25.1 Å². The summed E-state index contributed by atoms with van der Waals surface area (Å²) in [7, 11) is 0. The molecule has 4 fully saturated rings. The zero-order valence-corrected chi connectivity index (χ0v) is 75.8. The van der Waals surface area contributed by atoms with Gasteiger partial charge in [-0.2, -0.15) is 34.1 Å². The summed E-state index contributed by atoms with van der Waals surface area (Å²) in [6.45, 7) is 13.3. The minimum Gasteiger partial charge on any atom is -0.378 e. The molecular formula is C98H83BrF4N32O4. The van der Waals surface area contributed by atoms with Gasteiger partial charge in [0.15, 0.2) is 5.82 Å². The lowest BCUT2D eigenvalue weighted by Crippen LogP contribution is -2.36. The lowest BCUT2D eigenvalue weighted by molar-refractivity contribution is -0.144. The van der Waals surface area contributed by atoms with Gasteiger partial charge in [0.05, 0.1) is 133 Å². The molecule has 0 atom stereocenters. The highest BCUT2D eigenvalue weighted by Crippen LogP contribution is 2.35. The zero-order chi connectivity index (χ0) is 95.4. The van der Waals surface area contributed by atoms with Crippen molar-refractivity contribution in [3.05, 3.63) is 308 Å². The van der Waals surface area contributed by atoms with E-state index in [2.05, 4.69) is 167 Å². The normalized spacial score (nSPS) is 13.6. The molecule has 0 saturated carbocycles. The Kier molecular flexibility index (Phi) is 28.8. The molecule has 139 heavy (non-hydrogen) atoms. The zero-order valence-electron chi connectivity index (χ0n) is 74.3. The van der Waals surface area contributed by atoms with E-state index in [-0.39, 0.29) is 5.82 Å². The minimum atomic E-state index is -4.61. The molecule has 9 aromatic heterocycles. The van der Waals surface area contributed by atoms with Crippen LogP contribution in [0, 0.1) is 46.7 Å². The SMILES string of the molecule is Cc1ncn(-c2ccc(Nc3nccc(-c4cc(F)cc(N5CCOCC5)c4)n3)cc2)n1.N#Cc1cc(-c2ccnc(Nc3ccc(-n4cnc(-c5cccnc5)n4)cc3)n2)cc(N2CCOCC2)c1.N#Cc1cc(-c2ccnc(Nc3ccc(-n4cnc(Br)n4)cc3)n2)cc(N2CCOCC2)c1.N#Cc1cc(-c2ccnc(Nc3ccc(-n4cnc(C(F)(F)F)n4)cc3)n2)cc(N2CCOCC2)c1. The molecule has 4 saturated heterocycles. The van der Waals surface area contributed by atoms with E-state index in [1.165, 1.54) is 6.07 Å². The average molecular weight is 1930 g/mol. The van der Waals surface area contributed by atoms with Crippen LogP contribution in [0.3, 0.4) is 0 Å². The topological polar surface area (TPSA) is 408 Å². The van der Waals surface area contributed by atoms with Gasteiger partial charge in [0, 0.05) is 163 Å². The standard InChI is InChI=1S/C28H23N9O.C24H19F3N8O.C23H19BrN8O.C23H22FN7O/c29-17-20-14-22(16-25(15-20)36-10-12-38-13-11-36)26-7-9-31-28(34-26)33-23-3-5-24(6-4-23)37-19-32-27(35-37)21-2-1-8-30-18-21;25-24(26,27)22-30-15-35(33-22)19-3-1-18(2-4-19)31-23-29-6-5-21(32-23)17-11-16(14-28)12-20(13-17)34-7-9-36-10-8-34;24-22-27-15-32(30-22)19-3-1-18(2-4-19)28-23-26-6-5-21(29-23)17-11-16(14-25)12-20(13-17)31-7-9-33-10-8-31;1-16-26-15-31(29-16)20-4-2-19(3-5-20)27-23-25-7-6-22(28-23)17-12-18(24)14-21(13-17)30-8-10-32-11-9-30/h1-9,14-16,18-19H,10-13H2,(H,31,33,34);1-6,11-13,15H,7-10H2,(H,29,31,32);1-6,11-13,15H,7-10H2,(H,26,28,29);2-7,12-15H,8-11H2,1H3,(H,25,27,28). The number of morpholine rings is 4. The smallest absolute Gasteiger partial charge is 0.378 e. The second-order valence-corrected chi connectivity index (χ2v) is 32.2. The Morgan fingerprint density at radius 1 is 0.338 bits per heavy atom. The number of anilines is 12. The summed E-state index contributed by atoms with van der Waals surface area (Å²) >= 11 is 3.25. The van der Waals surface area contributed by atoms with Crippen LogP contribution in [-0.4, -0.2) is 209 Å². The number of hydrogen-bond acceptors (Lipinski definition) is 32. The molecular weight excluding hydrogens is 1850 g/mol. The van der Waals surface area contributed by atoms with Gasteiger partial charge in [0.1, 0.15) is 37.0 Å². The van der Waals surface area contributed by atoms with Crippen LogP contribution in [0.1, 0.15) is 28.3 Å². The van der Waals surface area contributed by atoms with Crippen molar-refractivity contribution in [3.63, 3.8) is 0 Å². The van der Waals surface area contributed by atoms with E-state index >= 15 is 0 Å². The molecule has 0 bridgehead atoms. The van der Waals surface area contributed by atoms with E-state index in [1.807, 2.05) is 146 Å². The number of nitrogens with zero attached hydrogens (tertiary/aromatic N) is 28. The number of nitriles is 3. The van der Waals surface area contributed by atoms with Crippen molar-refractivity contribution in [2.45, 2.75) is 13.1 Å². The summed E-state index contributed by atoms with van der Waals surface area (Å²) in [5.74, 6) is 1.53. The molecule has 36 nitrogen and oxygen atoms in total. The molecule has 0 radical (unpaired) electrons. The van der Waals surface area contributed by atoms with E-state index in [0.29, 0.717) is 138 Å². The highest BCUT2D eigenvalue weighted by atomic mass is 79.9. The predicted molar refractivity (Wildman–Crippen MR) is 515 cm³/mol. The third-order valence-electron chi connectivity index (χ3n) is 22.1. The molecule has 4 aliphatic heterocycles. The number of halogens is 5. The summed E-state index contributed by atoms with van der Waals surface area (Å²) < 4.78 is 81.1. The van der Waals surface area contributed by atoms with Crippen molar-refractivity contribution in [1.82, 2.24) is 104 Å². The molecule has 0 unspecified atom stereocenters. The van der Waals surface area contributed by atoms with Crippen molar-refractivity contribution >= 4 is 85.2 Å². The van der Waals surface area contributed by atoms with Crippen molar-refractivity contribution in [3.8, 4) is 97.4 Å². The first kappa shape index (κ1) is 92.2. The molecule has 13 heterocycles. The van der Waals surface area contributed by atoms with Gasteiger partial charge in [-0.25, -0.2) is 82.9 Å². The molecule has 4 aliphatic rings. The molecule has 0 aliphatic carbocycles. The maximum absolute atomic E-state index is 14.4. The monoisotopic (exact) mass is 1930 g/mol. The molecule has 0 spiro atoms. The largest absolute Gasteiger partial charge is 0.453 e. The number of benzene rings is 8. The van der Waals surface area contributed by atoms with Gasteiger partial charge < -0.3 is 59.8 Å². The highest BCUT2D eigenvalue weighted by Gasteiger charge is 2.36. The number of aromatic nitrogens is 21. The number of ether oxygens (including phenoxy) is 4. The van der Waals surface area contributed by atoms with Crippen LogP contribution in [0.5, 0.6) is 0 Å². The number of aryl methyl sites for hydroxylation is 1. The van der Waals surface area contributed by atoms with Gasteiger partial charge in [0.2, 0.25) is 28.5 Å². The van der Waals surface area contributed by atoms with Gasteiger partial charge in [-0.3, -0.25) is 4.98 Å². The number of pyridine rings is 1. The molecule has 41 heteroatoms. The molecule has 17 aromatic rings. The van der Waals surface area contributed by atoms with Gasteiger partial charge in [0.25, 0.3) is 5.82 Å². The second kappa shape index (κ2) is 43.4. The number of alkyl halides is 3. The number of nitrogens with one attached hydrogen (secondary N) is 4. The van der Waals surface area contributed by atoms with Crippen molar-refractivity contribution in [1.29, 1.82) is 15.8 Å². The maximum atomic E-state index is 14.4. The molecule has 21 rings (SSSR count). The van der Waals surface area contributed by atoms with Crippen LogP contribution >= 0.6 is 15.9 Å². The average Bonchev–Trinajstić information content (AvgIpc) is 1.79.